The fourth-order valence-electron chi connectivity index (χ4n) is 2.10. The lowest BCUT2D eigenvalue weighted by molar-refractivity contribution is -0.150. The highest BCUT2D eigenvalue weighted by atomic mass is 28.4. The molecule has 0 aromatic heterocycles. The Hall–Kier alpha value is -0.613. The van der Waals surface area contributed by atoms with Gasteiger partial charge in [0.25, 0.3) is 0 Å². The van der Waals surface area contributed by atoms with Crippen molar-refractivity contribution in [3.63, 3.8) is 0 Å². The van der Waals surface area contributed by atoms with E-state index in [1.807, 2.05) is 0 Å². The Morgan fingerprint density at radius 1 is 1.40 bits per heavy atom. The van der Waals surface area contributed by atoms with Gasteiger partial charge < -0.3 is 9.16 Å². The van der Waals surface area contributed by atoms with Crippen molar-refractivity contribution in [2.24, 2.45) is 0 Å². The molecule has 0 N–H and O–H groups in total. The van der Waals surface area contributed by atoms with Gasteiger partial charge in [0.05, 0.1) is 0 Å². The van der Waals surface area contributed by atoms with Crippen molar-refractivity contribution in [1.29, 1.82) is 0 Å². The third-order valence-electron chi connectivity index (χ3n) is 4.28. The summed E-state index contributed by atoms with van der Waals surface area (Å²) in [7, 11) is -1.75. The van der Waals surface area contributed by atoms with Crippen LogP contribution in [0.15, 0.2) is 12.2 Å². The molecule has 4 heteroatoms. The fourth-order valence-corrected chi connectivity index (χ4v) is 3.56. The lowest BCUT2D eigenvalue weighted by Gasteiger charge is -2.39. The first-order chi connectivity index (χ1) is 9.12. The quantitative estimate of drug-likeness (QED) is 0.437. The van der Waals surface area contributed by atoms with Gasteiger partial charge in [0.15, 0.2) is 8.32 Å². The summed E-state index contributed by atoms with van der Waals surface area (Å²) in [6.07, 6.45) is 7.15. The molecule has 0 spiro atoms. The SMILES string of the molecule is C[C@H](CC1C/C=C\CCC(=O)O1)O[Si](C)(C)C(C)(C)C. The van der Waals surface area contributed by atoms with Crippen molar-refractivity contribution in [3.8, 4) is 0 Å². The molecule has 0 fully saturated rings. The highest BCUT2D eigenvalue weighted by Gasteiger charge is 2.38. The van der Waals surface area contributed by atoms with E-state index >= 15 is 0 Å². The summed E-state index contributed by atoms with van der Waals surface area (Å²) < 4.78 is 11.8. The van der Waals surface area contributed by atoms with E-state index < -0.39 is 8.32 Å². The number of allylic oxidation sites excluding steroid dienone is 1. The molecule has 0 saturated heterocycles. The van der Waals surface area contributed by atoms with Crippen LogP contribution in [-0.4, -0.2) is 26.5 Å². The van der Waals surface area contributed by atoms with Crippen LogP contribution in [0, 0.1) is 0 Å². The van der Waals surface area contributed by atoms with Crippen LogP contribution in [-0.2, 0) is 14.0 Å². The molecule has 2 atom stereocenters. The van der Waals surface area contributed by atoms with E-state index in [-0.39, 0.29) is 23.2 Å². The van der Waals surface area contributed by atoms with E-state index in [0.717, 1.165) is 19.3 Å². The summed E-state index contributed by atoms with van der Waals surface area (Å²) in [5.41, 5.74) is 0. The van der Waals surface area contributed by atoms with E-state index in [1.54, 1.807) is 0 Å². The average Bonchev–Trinajstić information content (AvgIpc) is 2.22. The van der Waals surface area contributed by atoms with E-state index in [4.69, 9.17) is 9.16 Å². The molecule has 3 nitrogen and oxygen atoms in total. The molecule has 0 aromatic rings. The molecule has 1 unspecified atom stereocenters. The highest BCUT2D eigenvalue weighted by Crippen LogP contribution is 2.37. The smallest absolute Gasteiger partial charge is 0.306 e. The molecule has 0 aliphatic carbocycles. The van der Waals surface area contributed by atoms with E-state index in [2.05, 4.69) is 52.9 Å². The largest absolute Gasteiger partial charge is 0.462 e. The number of hydrogen-bond acceptors (Lipinski definition) is 3. The number of carbonyl (C=O) groups excluding carboxylic acids is 1. The van der Waals surface area contributed by atoms with E-state index in [1.165, 1.54) is 0 Å². The van der Waals surface area contributed by atoms with Gasteiger partial charge in [0, 0.05) is 25.4 Å². The summed E-state index contributed by atoms with van der Waals surface area (Å²) >= 11 is 0. The number of ether oxygens (including phenoxy) is 1. The van der Waals surface area contributed by atoms with Crippen LogP contribution in [0.5, 0.6) is 0 Å². The maximum atomic E-state index is 11.6. The zero-order valence-electron chi connectivity index (χ0n) is 13.9. The first kappa shape index (κ1) is 17.4. The average molecular weight is 298 g/mol. The molecule has 1 heterocycles. The Kier molecular flexibility index (Phi) is 6.01. The van der Waals surface area contributed by atoms with Crippen LogP contribution in [0.4, 0.5) is 0 Å². The molecule has 0 radical (unpaired) electrons. The number of rotatable bonds is 4. The van der Waals surface area contributed by atoms with Gasteiger partial charge in [-0.25, -0.2) is 0 Å². The van der Waals surface area contributed by atoms with Gasteiger partial charge in [-0.1, -0.05) is 32.9 Å². The van der Waals surface area contributed by atoms with Crippen molar-refractivity contribution < 1.29 is 14.0 Å². The van der Waals surface area contributed by atoms with Crippen LogP contribution < -0.4 is 0 Å². The zero-order chi connectivity index (χ0) is 15.4. The predicted molar refractivity (Wildman–Crippen MR) is 85.2 cm³/mol. The molecular formula is C16H30O3Si. The van der Waals surface area contributed by atoms with Crippen molar-refractivity contribution in [2.45, 2.75) is 83.7 Å². The first-order valence-electron chi connectivity index (χ1n) is 7.64. The molecule has 0 aromatic carbocycles. The third-order valence-corrected chi connectivity index (χ3v) is 8.88. The zero-order valence-corrected chi connectivity index (χ0v) is 14.9. The minimum Gasteiger partial charge on any atom is -0.462 e. The van der Waals surface area contributed by atoms with Gasteiger partial charge in [0.2, 0.25) is 0 Å². The highest BCUT2D eigenvalue weighted by molar-refractivity contribution is 6.74. The first-order valence-corrected chi connectivity index (χ1v) is 10.5. The molecule has 0 saturated carbocycles. The van der Waals surface area contributed by atoms with Crippen molar-refractivity contribution in [2.75, 3.05) is 0 Å². The van der Waals surface area contributed by atoms with E-state index in [0.29, 0.717) is 6.42 Å². The van der Waals surface area contributed by atoms with Gasteiger partial charge in [0.1, 0.15) is 6.10 Å². The van der Waals surface area contributed by atoms with E-state index in [9.17, 15) is 4.79 Å². The van der Waals surface area contributed by atoms with Crippen molar-refractivity contribution >= 4 is 14.3 Å². The Bertz CT molecular complexity index is 355. The molecule has 0 bridgehead atoms. The third kappa shape index (κ3) is 5.41. The van der Waals surface area contributed by atoms with Crippen LogP contribution in [0.1, 0.15) is 53.4 Å². The minimum atomic E-state index is -1.75. The molecule has 0 amide bonds. The number of hydrogen-bond donors (Lipinski definition) is 0. The summed E-state index contributed by atoms with van der Waals surface area (Å²) in [6.45, 7) is 13.3. The number of carbonyl (C=O) groups is 1. The maximum Gasteiger partial charge on any atom is 0.306 e. The molecule has 20 heavy (non-hydrogen) atoms. The van der Waals surface area contributed by atoms with Crippen molar-refractivity contribution in [3.05, 3.63) is 12.2 Å². The molecule has 1 rings (SSSR count). The van der Waals surface area contributed by atoms with Crippen LogP contribution in [0.2, 0.25) is 18.1 Å². The Morgan fingerprint density at radius 3 is 2.65 bits per heavy atom. The summed E-state index contributed by atoms with van der Waals surface area (Å²) in [6, 6.07) is 0. The minimum absolute atomic E-state index is 0.0428. The van der Waals surface area contributed by atoms with Crippen molar-refractivity contribution in [1.82, 2.24) is 0 Å². The second-order valence-electron chi connectivity index (χ2n) is 7.28. The second kappa shape index (κ2) is 6.90. The summed E-state index contributed by atoms with van der Waals surface area (Å²) in [5, 5.41) is 0.207. The van der Waals surface area contributed by atoms with Gasteiger partial charge in [-0.2, -0.15) is 0 Å². The predicted octanol–water partition coefficient (Wildman–Crippen LogP) is 4.44. The topological polar surface area (TPSA) is 35.5 Å². The molecule has 1 aliphatic heterocycles. The number of cyclic esters (lactones) is 1. The summed E-state index contributed by atoms with van der Waals surface area (Å²) in [5.74, 6) is -0.0844. The normalized spacial score (nSPS) is 24.5. The Morgan fingerprint density at radius 2 is 2.05 bits per heavy atom. The van der Waals surface area contributed by atoms with Crippen LogP contribution >= 0.6 is 0 Å². The maximum absolute atomic E-state index is 11.6. The lowest BCUT2D eigenvalue weighted by Crippen LogP contribution is -2.44. The van der Waals surface area contributed by atoms with Crippen LogP contribution in [0.25, 0.3) is 0 Å². The lowest BCUT2D eigenvalue weighted by atomic mass is 10.1. The second-order valence-corrected chi connectivity index (χ2v) is 12.0. The van der Waals surface area contributed by atoms with Crippen LogP contribution in [0.3, 0.4) is 0 Å². The van der Waals surface area contributed by atoms with Gasteiger partial charge >= 0.3 is 5.97 Å². The molecule has 1 aliphatic rings. The molecule has 116 valence electrons. The van der Waals surface area contributed by atoms with Gasteiger partial charge in [-0.15, -0.1) is 0 Å². The Labute approximate surface area is 124 Å². The standard InChI is InChI=1S/C16H30O3Si/c1-13(19-20(5,6)16(2,3)4)12-14-10-8-7-9-11-15(17)18-14/h7-8,13-14H,9-12H2,1-6H3/b8-7-/t13-,14?/m1/s1. The monoisotopic (exact) mass is 298 g/mol. The van der Waals surface area contributed by atoms with Gasteiger partial charge in [-0.05, 0) is 31.5 Å². The summed E-state index contributed by atoms with van der Waals surface area (Å²) in [4.78, 5) is 11.6. The fraction of sp³-hybridized carbons (Fsp3) is 0.812. The molecular weight excluding hydrogens is 268 g/mol. The Balaban J connectivity index is 2.56. The van der Waals surface area contributed by atoms with Gasteiger partial charge in [-0.3, -0.25) is 4.79 Å². The number of esters is 1.